The van der Waals surface area contributed by atoms with Crippen molar-refractivity contribution in [2.45, 2.75) is 46.6 Å². The van der Waals surface area contributed by atoms with Crippen molar-refractivity contribution in [2.24, 2.45) is 5.41 Å². The molecule has 0 saturated heterocycles. The lowest BCUT2D eigenvalue weighted by molar-refractivity contribution is -0.142. The maximum atomic E-state index is 11.4. The van der Waals surface area contributed by atoms with Gasteiger partial charge in [-0.3, -0.25) is 9.59 Å². The number of hydrogen-bond acceptors (Lipinski definition) is 3. The molecule has 0 aliphatic carbocycles. The van der Waals surface area contributed by atoms with Crippen molar-refractivity contribution in [3.05, 3.63) is 0 Å². The third-order valence-electron chi connectivity index (χ3n) is 2.31. The minimum Gasteiger partial charge on any atom is -0.480 e. The molecular formula is C12H22N2O4. The van der Waals surface area contributed by atoms with Gasteiger partial charge in [-0.15, -0.1) is 0 Å². The zero-order valence-electron chi connectivity index (χ0n) is 11.4. The zero-order valence-corrected chi connectivity index (χ0v) is 11.4. The topological polar surface area (TPSA) is 95.5 Å². The summed E-state index contributed by atoms with van der Waals surface area (Å²) in [4.78, 5) is 33.0. The van der Waals surface area contributed by atoms with Crippen LogP contribution in [0, 0.1) is 5.41 Å². The molecule has 0 unspecified atom stereocenters. The van der Waals surface area contributed by atoms with Crippen LogP contribution in [0.4, 0.5) is 0 Å². The minimum absolute atomic E-state index is 0.00998. The van der Waals surface area contributed by atoms with Gasteiger partial charge in [0.05, 0.1) is 6.54 Å². The van der Waals surface area contributed by atoms with E-state index in [9.17, 15) is 14.4 Å². The fraction of sp³-hybridized carbons (Fsp3) is 0.750. The van der Waals surface area contributed by atoms with Crippen LogP contribution in [0.1, 0.15) is 40.5 Å². The van der Waals surface area contributed by atoms with Crippen LogP contribution in [0.25, 0.3) is 0 Å². The molecule has 0 aliphatic heterocycles. The Kier molecular flexibility index (Phi) is 6.36. The molecule has 104 valence electrons. The number of rotatable bonds is 6. The summed E-state index contributed by atoms with van der Waals surface area (Å²) in [7, 11) is 0. The van der Waals surface area contributed by atoms with Gasteiger partial charge in [0.15, 0.2) is 0 Å². The monoisotopic (exact) mass is 258 g/mol. The number of carboxylic acid groups (broad SMARTS) is 1. The second-order valence-electron chi connectivity index (χ2n) is 5.47. The molecule has 1 atom stereocenters. The van der Waals surface area contributed by atoms with E-state index in [0.29, 0.717) is 12.8 Å². The molecule has 6 heteroatoms. The van der Waals surface area contributed by atoms with Crippen molar-refractivity contribution in [2.75, 3.05) is 6.54 Å². The van der Waals surface area contributed by atoms with Crippen LogP contribution in [-0.4, -0.2) is 35.5 Å². The molecule has 2 amide bonds. The van der Waals surface area contributed by atoms with Crippen molar-refractivity contribution in [1.82, 2.24) is 10.6 Å². The van der Waals surface area contributed by atoms with E-state index in [1.54, 1.807) is 0 Å². The smallest absolute Gasteiger partial charge is 0.326 e. The number of nitrogens with one attached hydrogen (secondary N) is 2. The maximum Gasteiger partial charge on any atom is 0.326 e. The zero-order chi connectivity index (χ0) is 14.3. The molecule has 18 heavy (non-hydrogen) atoms. The first kappa shape index (κ1) is 16.4. The number of carbonyl (C=O) groups is 3. The van der Waals surface area contributed by atoms with Gasteiger partial charge in [-0.05, 0) is 18.3 Å². The molecule has 0 spiro atoms. The maximum absolute atomic E-state index is 11.4. The number of carboxylic acids is 1. The van der Waals surface area contributed by atoms with Gasteiger partial charge < -0.3 is 15.7 Å². The molecule has 0 aromatic heterocycles. The van der Waals surface area contributed by atoms with Crippen LogP contribution in [0.2, 0.25) is 0 Å². The Hall–Kier alpha value is -1.59. The summed E-state index contributed by atoms with van der Waals surface area (Å²) in [6, 6.07) is -0.912. The normalized spacial score (nSPS) is 12.7. The van der Waals surface area contributed by atoms with Gasteiger partial charge in [-0.2, -0.15) is 0 Å². The van der Waals surface area contributed by atoms with E-state index >= 15 is 0 Å². The third kappa shape index (κ3) is 8.55. The fourth-order valence-electron chi connectivity index (χ4n) is 1.28. The molecule has 0 saturated carbocycles. The molecule has 6 nitrogen and oxygen atoms in total. The van der Waals surface area contributed by atoms with E-state index in [4.69, 9.17) is 5.11 Å². The highest BCUT2D eigenvalue weighted by atomic mass is 16.4. The SMILES string of the molecule is CC(=O)NCC(=O)N[C@@H](CCC(C)(C)C)C(=O)O. The molecule has 3 N–H and O–H groups in total. The highest BCUT2D eigenvalue weighted by molar-refractivity contribution is 5.87. The number of hydrogen-bond donors (Lipinski definition) is 3. The van der Waals surface area contributed by atoms with Crippen molar-refractivity contribution in [3.8, 4) is 0 Å². The second kappa shape index (κ2) is 6.98. The van der Waals surface area contributed by atoms with Crippen molar-refractivity contribution in [1.29, 1.82) is 0 Å². The molecule has 0 radical (unpaired) electrons. The summed E-state index contributed by atoms with van der Waals surface area (Å²) in [5, 5.41) is 13.7. The largest absolute Gasteiger partial charge is 0.480 e. The van der Waals surface area contributed by atoms with Gasteiger partial charge in [0.1, 0.15) is 6.04 Å². The van der Waals surface area contributed by atoms with Crippen molar-refractivity contribution >= 4 is 17.8 Å². The Balaban J connectivity index is 4.23. The Morgan fingerprint density at radius 3 is 2.17 bits per heavy atom. The average Bonchev–Trinajstić information content (AvgIpc) is 2.19. The molecule has 0 heterocycles. The van der Waals surface area contributed by atoms with Gasteiger partial charge in [0.2, 0.25) is 11.8 Å². The first-order valence-electron chi connectivity index (χ1n) is 5.88. The number of amides is 2. The third-order valence-corrected chi connectivity index (χ3v) is 2.31. The van der Waals surface area contributed by atoms with Gasteiger partial charge in [-0.25, -0.2) is 4.79 Å². The molecule has 0 rings (SSSR count). The molecule has 0 fully saturated rings. The van der Waals surface area contributed by atoms with Gasteiger partial charge in [-0.1, -0.05) is 20.8 Å². The quantitative estimate of drug-likeness (QED) is 0.647. The lowest BCUT2D eigenvalue weighted by Crippen LogP contribution is -2.45. The van der Waals surface area contributed by atoms with Crippen LogP contribution in [0.5, 0.6) is 0 Å². The Morgan fingerprint density at radius 2 is 1.78 bits per heavy atom. The Bertz CT molecular complexity index is 321. The van der Waals surface area contributed by atoms with Gasteiger partial charge in [0, 0.05) is 6.92 Å². The summed E-state index contributed by atoms with van der Waals surface area (Å²) < 4.78 is 0. The fourth-order valence-corrected chi connectivity index (χ4v) is 1.28. The average molecular weight is 258 g/mol. The summed E-state index contributed by atoms with van der Waals surface area (Å²) >= 11 is 0. The molecule has 0 bridgehead atoms. The number of carbonyl (C=O) groups excluding carboxylic acids is 2. The van der Waals surface area contributed by atoms with Gasteiger partial charge in [0.25, 0.3) is 0 Å². The van der Waals surface area contributed by atoms with E-state index < -0.39 is 17.9 Å². The van der Waals surface area contributed by atoms with E-state index in [1.807, 2.05) is 20.8 Å². The second-order valence-corrected chi connectivity index (χ2v) is 5.47. The molecular weight excluding hydrogens is 236 g/mol. The van der Waals surface area contributed by atoms with Crippen LogP contribution >= 0.6 is 0 Å². The van der Waals surface area contributed by atoms with Crippen LogP contribution in [0.3, 0.4) is 0 Å². The highest BCUT2D eigenvalue weighted by Gasteiger charge is 2.22. The Morgan fingerprint density at radius 1 is 1.22 bits per heavy atom. The summed E-state index contributed by atoms with van der Waals surface area (Å²) in [5.74, 6) is -1.88. The van der Waals surface area contributed by atoms with Crippen LogP contribution < -0.4 is 10.6 Å². The first-order chi connectivity index (χ1) is 8.11. The van der Waals surface area contributed by atoms with E-state index in [1.165, 1.54) is 6.92 Å². The Labute approximate surface area is 107 Å². The van der Waals surface area contributed by atoms with Crippen molar-refractivity contribution in [3.63, 3.8) is 0 Å². The van der Waals surface area contributed by atoms with E-state index in [2.05, 4.69) is 10.6 Å². The molecule has 0 aromatic rings. The molecule has 0 aromatic carbocycles. The standard InChI is InChI=1S/C12H22N2O4/c1-8(15)13-7-10(16)14-9(11(17)18)5-6-12(2,3)4/h9H,5-7H2,1-4H3,(H,13,15)(H,14,16)(H,17,18)/t9-/m0/s1. The summed E-state index contributed by atoms with van der Waals surface area (Å²) in [6.45, 7) is 7.11. The van der Waals surface area contributed by atoms with Crippen LogP contribution in [-0.2, 0) is 14.4 Å². The predicted molar refractivity (Wildman–Crippen MR) is 66.9 cm³/mol. The van der Waals surface area contributed by atoms with Gasteiger partial charge >= 0.3 is 5.97 Å². The predicted octanol–water partition coefficient (Wildman–Crippen LogP) is 0.518. The molecule has 0 aliphatic rings. The lowest BCUT2D eigenvalue weighted by atomic mass is 9.88. The minimum atomic E-state index is -1.06. The first-order valence-corrected chi connectivity index (χ1v) is 5.88. The highest BCUT2D eigenvalue weighted by Crippen LogP contribution is 2.21. The van der Waals surface area contributed by atoms with E-state index in [-0.39, 0.29) is 17.9 Å². The van der Waals surface area contributed by atoms with Crippen LogP contribution in [0.15, 0.2) is 0 Å². The summed E-state index contributed by atoms with van der Waals surface area (Å²) in [6.07, 6.45) is 1.05. The number of aliphatic carboxylic acids is 1. The summed E-state index contributed by atoms with van der Waals surface area (Å²) in [5.41, 5.74) is 0.00998. The van der Waals surface area contributed by atoms with Crippen molar-refractivity contribution < 1.29 is 19.5 Å². The van der Waals surface area contributed by atoms with E-state index in [0.717, 1.165) is 0 Å². The lowest BCUT2D eigenvalue weighted by Gasteiger charge is -2.21.